The number of para-hydroxylation sites is 1. The Hall–Kier alpha value is -3.82. The van der Waals surface area contributed by atoms with E-state index in [1.807, 2.05) is 4.90 Å². The number of aromatic amines is 1. The molecule has 2 aromatic heterocycles. The average Bonchev–Trinajstić information content (AvgIpc) is 3.42. The van der Waals surface area contributed by atoms with Crippen LogP contribution in [0.15, 0.2) is 46.1 Å². The second-order valence-corrected chi connectivity index (χ2v) is 9.12. The maximum atomic E-state index is 14.6. The summed E-state index contributed by atoms with van der Waals surface area (Å²) in [4.78, 5) is 60.0. The second-order valence-electron chi connectivity index (χ2n) is 9.12. The Morgan fingerprint density at radius 3 is 2.46 bits per heavy atom. The highest BCUT2D eigenvalue weighted by Crippen LogP contribution is 2.27. The van der Waals surface area contributed by atoms with Crippen molar-refractivity contribution in [2.75, 3.05) is 26.2 Å². The van der Waals surface area contributed by atoms with Gasteiger partial charge in [-0.2, -0.15) is 0 Å². The lowest BCUT2D eigenvalue weighted by atomic mass is 10.1. The fourth-order valence-corrected chi connectivity index (χ4v) is 5.02. The predicted octanol–water partition coefficient (Wildman–Crippen LogP) is 1.75. The van der Waals surface area contributed by atoms with E-state index < -0.39 is 23.0 Å². The van der Waals surface area contributed by atoms with Crippen molar-refractivity contribution in [1.29, 1.82) is 0 Å². The van der Waals surface area contributed by atoms with Gasteiger partial charge in [0.1, 0.15) is 0 Å². The molecule has 0 spiro atoms. The summed E-state index contributed by atoms with van der Waals surface area (Å²) in [5.74, 6) is -0.977. The Kier molecular flexibility index (Phi) is 6.19. The molecule has 1 aromatic carbocycles. The summed E-state index contributed by atoms with van der Waals surface area (Å²) in [5, 5.41) is 0.343. The summed E-state index contributed by atoms with van der Waals surface area (Å²) in [5.41, 5.74) is -0.508. The number of nitrogens with one attached hydrogen (secondary N) is 1. The standard InChI is InChI=1S/C25H26FN5O4/c26-20-14-27-17(15-31-21-8-4-3-7-18(21)22(32)28-25(31)35)13-19(20)24(34)30-11-9-29(10-12-30)23(33)16-5-1-2-6-16/h3-4,7-8,13-14,16H,1-2,5-6,9-12,15H2,(H,28,32,35). The minimum atomic E-state index is -0.748. The van der Waals surface area contributed by atoms with E-state index in [1.54, 1.807) is 29.2 Å². The fourth-order valence-electron chi connectivity index (χ4n) is 5.02. The summed E-state index contributed by atoms with van der Waals surface area (Å²) < 4.78 is 15.9. The zero-order chi connectivity index (χ0) is 24.5. The van der Waals surface area contributed by atoms with Crippen LogP contribution in [0.1, 0.15) is 41.7 Å². The maximum Gasteiger partial charge on any atom is 0.329 e. The number of hydrogen-bond acceptors (Lipinski definition) is 5. The van der Waals surface area contributed by atoms with Gasteiger partial charge in [0.25, 0.3) is 11.5 Å². The quantitative estimate of drug-likeness (QED) is 0.613. The smallest absolute Gasteiger partial charge is 0.329 e. The average molecular weight is 480 g/mol. The fraction of sp³-hybridized carbons (Fsp3) is 0.400. The molecule has 3 heterocycles. The number of H-pyrrole nitrogens is 1. The number of pyridine rings is 1. The zero-order valence-electron chi connectivity index (χ0n) is 19.2. The summed E-state index contributed by atoms with van der Waals surface area (Å²) in [6.07, 6.45) is 4.99. The molecule has 0 radical (unpaired) electrons. The lowest BCUT2D eigenvalue weighted by molar-refractivity contribution is -0.136. The van der Waals surface area contributed by atoms with E-state index in [4.69, 9.17) is 0 Å². The van der Waals surface area contributed by atoms with E-state index in [0.29, 0.717) is 42.8 Å². The number of aromatic nitrogens is 3. The summed E-state index contributed by atoms with van der Waals surface area (Å²) in [6, 6.07) is 8.00. The lowest BCUT2D eigenvalue weighted by Gasteiger charge is -2.36. The van der Waals surface area contributed by atoms with Gasteiger partial charge in [0.15, 0.2) is 5.82 Å². The van der Waals surface area contributed by atoms with Crippen molar-refractivity contribution in [2.45, 2.75) is 32.2 Å². The number of nitrogens with zero attached hydrogens (tertiary/aromatic N) is 4. The van der Waals surface area contributed by atoms with Crippen LogP contribution in [0.25, 0.3) is 10.9 Å². The molecule has 2 fully saturated rings. The number of carbonyl (C=O) groups is 2. The third-order valence-corrected chi connectivity index (χ3v) is 6.95. The predicted molar refractivity (Wildman–Crippen MR) is 127 cm³/mol. The third kappa shape index (κ3) is 4.48. The van der Waals surface area contributed by atoms with Gasteiger partial charge >= 0.3 is 5.69 Å². The van der Waals surface area contributed by atoms with Crippen LogP contribution in [0, 0.1) is 11.7 Å². The molecule has 2 aliphatic rings. The molecule has 2 amide bonds. The summed E-state index contributed by atoms with van der Waals surface area (Å²) in [7, 11) is 0. The van der Waals surface area contributed by atoms with Crippen LogP contribution in [0.4, 0.5) is 4.39 Å². The Bertz CT molecular complexity index is 1400. The number of halogens is 1. The van der Waals surface area contributed by atoms with Crippen LogP contribution >= 0.6 is 0 Å². The third-order valence-electron chi connectivity index (χ3n) is 6.95. The number of piperazine rings is 1. The first kappa shape index (κ1) is 22.9. The molecule has 1 aliphatic heterocycles. The first-order chi connectivity index (χ1) is 16.9. The Morgan fingerprint density at radius 1 is 1.03 bits per heavy atom. The molecule has 9 nitrogen and oxygen atoms in total. The molecule has 3 aromatic rings. The molecule has 0 bridgehead atoms. The van der Waals surface area contributed by atoms with Gasteiger partial charge in [-0.1, -0.05) is 25.0 Å². The van der Waals surface area contributed by atoms with E-state index in [9.17, 15) is 23.6 Å². The highest BCUT2D eigenvalue weighted by Gasteiger charge is 2.31. The van der Waals surface area contributed by atoms with Gasteiger partial charge < -0.3 is 9.80 Å². The van der Waals surface area contributed by atoms with Gasteiger partial charge in [-0.05, 0) is 31.0 Å². The lowest BCUT2D eigenvalue weighted by Crippen LogP contribution is -2.51. The van der Waals surface area contributed by atoms with Crippen molar-refractivity contribution >= 4 is 22.7 Å². The molecule has 35 heavy (non-hydrogen) atoms. The number of amides is 2. The number of carbonyl (C=O) groups excluding carboxylic acids is 2. The molecule has 0 unspecified atom stereocenters. The minimum Gasteiger partial charge on any atom is -0.339 e. The van der Waals surface area contributed by atoms with Crippen molar-refractivity contribution in [1.82, 2.24) is 24.3 Å². The van der Waals surface area contributed by atoms with Gasteiger partial charge in [0.05, 0.1) is 34.9 Å². The molecular formula is C25H26FN5O4. The van der Waals surface area contributed by atoms with Gasteiger partial charge in [-0.3, -0.25) is 28.9 Å². The highest BCUT2D eigenvalue weighted by molar-refractivity contribution is 5.94. The molecule has 1 aliphatic carbocycles. The topological polar surface area (TPSA) is 108 Å². The Balaban J connectivity index is 1.34. The van der Waals surface area contributed by atoms with E-state index in [-0.39, 0.29) is 23.9 Å². The molecule has 182 valence electrons. The number of benzene rings is 1. The van der Waals surface area contributed by atoms with Crippen molar-refractivity contribution < 1.29 is 14.0 Å². The van der Waals surface area contributed by atoms with Crippen LogP contribution in [-0.2, 0) is 11.3 Å². The van der Waals surface area contributed by atoms with Gasteiger partial charge in [0, 0.05) is 32.1 Å². The summed E-state index contributed by atoms with van der Waals surface area (Å²) >= 11 is 0. The van der Waals surface area contributed by atoms with Crippen molar-refractivity contribution in [2.24, 2.45) is 5.92 Å². The number of rotatable bonds is 4. The monoisotopic (exact) mass is 479 g/mol. The normalized spacial score (nSPS) is 16.7. The van der Waals surface area contributed by atoms with Crippen LogP contribution in [0.2, 0.25) is 0 Å². The van der Waals surface area contributed by atoms with Gasteiger partial charge in [0.2, 0.25) is 5.91 Å². The maximum absolute atomic E-state index is 14.6. The van der Waals surface area contributed by atoms with E-state index in [1.165, 1.54) is 10.6 Å². The van der Waals surface area contributed by atoms with E-state index in [2.05, 4.69) is 9.97 Å². The van der Waals surface area contributed by atoms with E-state index in [0.717, 1.165) is 31.9 Å². The van der Waals surface area contributed by atoms with Crippen molar-refractivity contribution in [3.8, 4) is 0 Å². The summed E-state index contributed by atoms with van der Waals surface area (Å²) in [6.45, 7) is 1.48. The van der Waals surface area contributed by atoms with Crippen LogP contribution in [0.3, 0.4) is 0 Å². The molecule has 1 saturated carbocycles. The van der Waals surface area contributed by atoms with Gasteiger partial charge in [-0.25, -0.2) is 9.18 Å². The Morgan fingerprint density at radius 2 is 1.71 bits per heavy atom. The molecule has 1 N–H and O–H groups in total. The number of hydrogen-bond donors (Lipinski definition) is 1. The molecular weight excluding hydrogens is 453 g/mol. The van der Waals surface area contributed by atoms with Gasteiger partial charge in [-0.15, -0.1) is 0 Å². The van der Waals surface area contributed by atoms with Crippen LogP contribution in [0.5, 0.6) is 0 Å². The van der Waals surface area contributed by atoms with Crippen LogP contribution < -0.4 is 11.2 Å². The molecule has 0 atom stereocenters. The van der Waals surface area contributed by atoms with Crippen LogP contribution in [-0.4, -0.2) is 62.3 Å². The van der Waals surface area contributed by atoms with Crippen molar-refractivity contribution in [3.05, 3.63) is 74.4 Å². The first-order valence-corrected chi connectivity index (χ1v) is 11.9. The minimum absolute atomic E-state index is 0.0413. The molecule has 1 saturated heterocycles. The largest absolute Gasteiger partial charge is 0.339 e. The first-order valence-electron chi connectivity index (χ1n) is 11.9. The Labute approximate surface area is 200 Å². The zero-order valence-corrected chi connectivity index (χ0v) is 19.2. The number of fused-ring (bicyclic) bond motifs is 1. The molecule has 10 heteroatoms. The van der Waals surface area contributed by atoms with E-state index >= 15 is 0 Å². The molecule has 5 rings (SSSR count). The van der Waals surface area contributed by atoms with Crippen molar-refractivity contribution in [3.63, 3.8) is 0 Å². The second kappa shape index (κ2) is 9.44. The highest BCUT2D eigenvalue weighted by atomic mass is 19.1. The SMILES string of the molecule is O=C(c1cc(Cn2c(=O)[nH]c(=O)c3ccccc32)ncc1F)N1CCN(C(=O)C2CCCC2)CC1.